The van der Waals surface area contributed by atoms with Crippen molar-refractivity contribution in [2.75, 3.05) is 13.6 Å². The zero-order valence-electron chi connectivity index (χ0n) is 11.4. The number of nitrogens with zero attached hydrogens (tertiary/aromatic N) is 1. The average molecular weight is 258 g/mol. The second-order valence-electron chi connectivity index (χ2n) is 5.48. The van der Waals surface area contributed by atoms with Crippen LogP contribution in [0.2, 0.25) is 0 Å². The number of amides is 2. The third-order valence-electron chi connectivity index (χ3n) is 2.75. The van der Waals surface area contributed by atoms with E-state index in [0.717, 1.165) is 0 Å². The zero-order chi connectivity index (χ0) is 13.9. The van der Waals surface area contributed by atoms with Gasteiger partial charge in [0.2, 0.25) is 5.91 Å². The lowest BCUT2D eigenvalue weighted by atomic mass is 9.99. The maximum absolute atomic E-state index is 12.0. The predicted octanol–water partition coefficient (Wildman–Crippen LogP) is 0.493. The number of piperidine rings is 1. The van der Waals surface area contributed by atoms with Gasteiger partial charge in [-0.05, 0) is 27.2 Å². The molecule has 2 atom stereocenters. The number of aliphatic hydroxyl groups excluding tert-OH is 1. The molecule has 1 rings (SSSR count). The summed E-state index contributed by atoms with van der Waals surface area (Å²) in [4.78, 5) is 25.1. The molecule has 1 fully saturated rings. The molecular formula is C12H22N2O4. The van der Waals surface area contributed by atoms with Gasteiger partial charge in [0, 0.05) is 20.0 Å². The van der Waals surface area contributed by atoms with Crippen LogP contribution in [0.25, 0.3) is 0 Å². The quantitative estimate of drug-likeness (QED) is 0.717. The van der Waals surface area contributed by atoms with Gasteiger partial charge in [-0.25, -0.2) is 4.79 Å². The maximum atomic E-state index is 12.0. The number of rotatable bonds is 1. The van der Waals surface area contributed by atoms with Crippen LogP contribution in [-0.2, 0) is 9.53 Å². The number of carbonyl (C=O) groups is 2. The van der Waals surface area contributed by atoms with E-state index in [-0.39, 0.29) is 12.3 Å². The largest absolute Gasteiger partial charge is 0.444 e. The number of hydrogen-bond acceptors (Lipinski definition) is 4. The molecule has 1 aliphatic rings. The molecule has 18 heavy (non-hydrogen) atoms. The molecule has 1 aliphatic heterocycles. The van der Waals surface area contributed by atoms with Gasteiger partial charge < -0.3 is 15.2 Å². The summed E-state index contributed by atoms with van der Waals surface area (Å²) >= 11 is 0. The van der Waals surface area contributed by atoms with E-state index in [1.165, 1.54) is 11.9 Å². The molecular weight excluding hydrogens is 236 g/mol. The zero-order valence-corrected chi connectivity index (χ0v) is 11.4. The number of nitrogens with one attached hydrogen (secondary N) is 1. The summed E-state index contributed by atoms with van der Waals surface area (Å²) in [5.41, 5.74) is -0.597. The molecule has 0 aromatic carbocycles. The fourth-order valence-electron chi connectivity index (χ4n) is 1.90. The van der Waals surface area contributed by atoms with Crippen molar-refractivity contribution in [1.82, 2.24) is 10.2 Å². The molecule has 0 spiro atoms. The van der Waals surface area contributed by atoms with Crippen LogP contribution in [0.5, 0.6) is 0 Å². The van der Waals surface area contributed by atoms with Crippen molar-refractivity contribution in [3.63, 3.8) is 0 Å². The summed E-state index contributed by atoms with van der Waals surface area (Å²) in [6, 6.07) is -0.659. The third kappa shape index (κ3) is 3.87. The van der Waals surface area contributed by atoms with E-state index < -0.39 is 23.8 Å². The molecule has 0 aromatic heterocycles. The highest BCUT2D eigenvalue weighted by atomic mass is 16.6. The molecule has 0 aromatic rings. The van der Waals surface area contributed by atoms with Crippen molar-refractivity contribution in [1.29, 1.82) is 0 Å². The Bertz CT molecular complexity index is 325. The molecule has 0 aliphatic carbocycles. The number of likely N-dealkylation sites (tertiary alicyclic amines) is 1. The Morgan fingerprint density at radius 3 is 2.50 bits per heavy atom. The highest BCUT2D eigenvalue weighted by Crippen LogP contribution is 2.20. The van der Waals surface area contributed by atoms with Crippen LogP contribution in [0.1, 0.15) is 33.6 Å². The Morgan fingerprint density at radius 1 is 1.39 bits per heavy atom. The number of hydrogen-bond donors (Lipinski definition) is 2. The highest BCUT2D eigenvalue weighted by molar-refractivity contribution is 5.85. The molecule has 0 saturated carbocycles. The molecule has 1 saturated heterocycles. The summed E-state index contributed by atoms with van der Waals surface area (Å²) in [6.07, 6.45) is -0.347. The first kappa shape index (κ1) is 14.8. The first-order valence-corrected chi connectivity index (χ1v) is 6.14. The summed E-state index contributed by atoms with van der Waals surface area (Å²) in [6.45, 7) is 5.66. The molecule has 0 radical (unpaired) electrons. The van der Waals surface area contributed by atoms with Crippen LogP contribution in [0.15, 0.2) is 0 Å². The van der Waals surface area contributed by atoms with Crippen molar-refractivity contribution >= 4 is 12.0 Å². The van der Waals surface area contributed by atoms with Crippen LogP contribution in [-0.4, -0.2) is 53.3 Å². The fraction of sp³-hybridized carbons (Fsp3) is 0.833. The standard InChI is InChI=1S/C12H22N2O4/c1-12(2,3)18-11(17)14-6-5-8(15)7-9(14)10(16)13-4/h8-9,15H,5-7H2,1-4H3,(H,13,16). The summed E-state index contributed by atoms with van der Waals surface area (Å²) in [5.74, 6) is -0.278. The van der Waals surface area contributed by atoms with Crippen molar-refractivity contribution in [2.24, 2.45) is 0 Å². The van der Waals surface area contributed by atoms with Crippen molar-refractivity contribution in [2.45, 2.75) is 51.4 Å². The smallest absolute Gasteiger partial charge is 0.410 e. The van der Waals surface area contributed by atoms with Gasteiger partial charge in [-0.2, -0.15) is 0 Å². The van der Waals surface area contributed by atoms with E-state index in [2.05, 4.69) is 5.32 Å². The molecule has 1 heterocycles. The maximum Gasteiger partial charge on any atom is 0.410 e. The van der Waals surface area contributed by atoms with Crippen LogP contribution >= 0.6 is 0 Å². The number of carbonyl (C=O) groups excluding carboxylic acids is 2. The Hall–Kier alpha value is -1.30. The van der Waals surface area contributed by atoms with Crippen molar-refractivity contribution < 1.29 is 19.4 Å². The van der Waals surface area contributed by atoms with Crippen LogP contribution < -0.4 is 5.32 Å². The van der Waals surface area contributed by atoms with E-state index >= 15 is 0 Å². The molecule has 104 valence electrons. The van der Waals surface area contributed by atoms with Gasteiger partial charge in [0.15, 0.2) is 0 Å². The number of ether oxygens (including phenoxy) is 1. The first-order valence-electron chi connectivity index (χ1n) is 6.14. The van der Waals surface area contributed by atoms with E-state index in [4.69, 9.17) is 4.74 Å². The average Bonchev–Trinajstić information content (AvgIpc) is 2.25. The van der Waals surface area contributed by atoms with Gasteiger partial charge in [-0.15, -0.1) is 0 Å². The molecule has 6 nitrogen and oxygen atoms in total. The lowest BCUT2D eigenvalue weighted by Crippen LogP contribution is -2.55. The summed E-state index contributed by atoms with van der Waals surface area (Å²) < 4.78 is 5.26. The summed E-state index contributed by atoms with van der Waals surface area (Å²) in [5, 5.41) is 12.1. The predicted molar refractivity (Wildman–Crippen MR) is 66.0 cm³/mol. The minimum atomic E-state index is -0.659. The van der Waals surface area contributed by atoms with Crippen LogP contribution in [0.3, 0.4) is 0 Å². The normalized spacial score (nSPS) is 24.6. The van der Waals surface area contributed by atoms with Crippen LogP contribution in [0.4, 0.5) is 4.79 Å². The summed E-state index contributed by atoms with van der Waals surface area (Å²) in [7, 11) is 1.51. The molecule has 2 unspecified atom stereocenters. The number of aliphatic hydroxyl groups is 1. The Labute approximate surface area is 107 Å². The Balaban J connectivity index is 2.77. The minimum Gasteiger partial charge on any atom is -0.444 e. The van der Waals surface area contributed by atoms with E-state index in [0.29, 0.717) is 13.0 Å². The lowest BCUT2D eigenvalue weighted by Gasteiger charge is -2.37. The van der Waals surface area contributed by atoms with Gasteiger partial charge in [-0.3, -0.25) is 9.69 Å². The number of likely N-dealkylation sites (N-methyl/N-ethyl adjacent to an activating group) is 1. The minimum absolute atomic E-state index is 0.249. The van der Waals surface area contributed by atoms with Gasteiger partial charge in [0.1, 0.15) is 11.6 Å². The second kappa shape index (κ2) is 5.56. The topological polar surface area (TPSA) is 78.9 Å². The fourth-order valence-corrected chi connectivity index (χ4v) is 1.90. The van der Waals surface area contributed by atoms with E-state index in [9.17, 15) is 14.7 Å². The van der Waals surface area contributed by atoms with E-state index in [1.54, 1.807) is 20.8 Å². The monoisotopic (exact) mass is 258 g/mol. The molecule has 0 bridgehead atoms. The van der Waals surface area contributed by atoms with Gasteiger partial charge in [0.25, 0.3) is 0 Å². The van der Waals surface area contributed by atoms with Gasteiger partial charge >= 0.3 is 6.09 Å². The Morgan fingerprint density at radius 2 is 2.00 bits per heavy atom. The highest BCUT2D eigenvalue weighted by Gasteiger charge is 2.37. The SMILES string of the molecule is CNC(=O)C1CC(O)CCN1C(=O)OC(C)(C)C. The van der Waals surface area contributed by atoms with Crippen molar-refractivity contribution in [3.8, 4) is 0 Å². The molecule has 2 amide bonds. The third-order valence-corrected chi connectivity index (χ3v) is 2.75. The second-order valence-corrected chi connectivity index (χ2v) is 5.48. The van der Waals surface area contributed by atoms with Gasteiger partial charge in [-0.1, -0.05) is 0 Å². The van der Waals surface area contributed by atoms with Crippen molar-refractivity contribution in [3.05, 3.63) is 0 Å². The first-order chi connectivity index (χ1) is 8.24. The lowest BCUT2D eigenvalue weighted by molar-refractivity contribution is -0.128. The Kier molecular flexibility index (Phi) is 4.56. The van der Waals surface area contributed by atoms with E-state index in [1.807, 2.05) is 0 Å². The molecule has 6 heteroatoms. The molecule has 2 N–H and O–H groups in total. The van der Waals surface area contributed by atoms with Gasteiger partial charge in [0.05, 0.1) is 6.10 Å². The van der Waals surface area contributed by atoms with Crippen LogP contribution in [0, 0.1) is 0 Å².